The van der Waals surface area contributed by atoms with E-state index in [-0.39, 0.29) is 24.0 Å². The highest BCUT2D eigenvalue weighted by Gasteiger charge is 2.13. The maximum absolute atomic E-state index is 5.33. The third-order valence-corrected chi connectivity index (χ3v) is 3.11. The fraction of sp³-hybridized carbons (Fsp3) is 0.286. The number of nitrogens with one attached hydrogen (secondary N) is 1. The minimum Gasteiger partial charge on any atom is -0.359 e. The highest BCUT2D eigenvalue weighted by atomic mass is 127. The van der Waals surface area contributed by atoms with Crippen LogP contribution >= 0.6 is 24.0 Å². The summed E-state index contributed by atoms with van der Waals surface area (Å²) >= 11 is 0. The molecule has 0 aliphatic carbocycles. The zero-order chi connectivity index (χ0) is 13.1. The summed E-state index contributed by atoms with van der Waals surface area (Å²) < 4.78 is 5.33. The number of rotatable bonds is 3. The van der Waals surface area contributed by atoms with Gasteiger partial charge in [-0.2, -0.15) is 0 Å². The van der Waals surface area contributed by atoms with Gasteiger partial charge in [-0.05, 0) is 0 Å². The summed E-state index contributed by atoms with van der Waals surface area (Å²) in [5.74, 6) is 1.72. The summed E-state index contributed by atoms with van der Waals surface area (Å²) in [6.45, 7) is 2.42. The first-order chi connectivity index (χ1) is 9.33. The van der Waals surface area contributed by atoms with Gasteiger partial charge in [0, 0.05) is 25.2 Å². The van der Waals surface area contributed by atoms with Crippen molar-refractivity contribution < 1.29 is 4.52 Å². The number of hydrogen-bond acceptors (Lipinski definition) is 5. The van der Waals surface area contributed by atoms with Crippen molar-refractivity contribution in [1.82, 2.24) is 15.4 Å². The average molecular weight is 384 g/mol. The largest absolute Gasteiger partial charge is 0.359 e. The average Bonchev–Trinajstić information content (AvgIpc) is 3.06. The molecule has 0 bridgehead atoms. The van der Waals surface area contributed by atoms with Crippen LogP contribution in [0.2, 0.25) is 0 Å². The Hall–Kier alpha value is -1.57. The zero-order valence-electron chi connectivity index (χ0n) is 11.2. The quantitative estimate of drug-likeness (QED) is 0.826. The van der Waals surface area contributed by atoms with Crippen LogP contribution in [0, 0.1) is 0 Å². The van der Waals surface area contributed by atoms with Gasteiger partial charge in [0.1, 0.15) is 5.69 Å². The van der Waals surface area contributed by atoms with Crippen molar-refractivity contribution in [3.8, 4) is 11.3 Å². The maximum atomic E-state index is 5.33. The number of aliphatic imine (C=N–C) groups is 1. The number of halogens is 1. The highest BCUT2D eigenvalue weighted by Crippen LogP contribution is 2.18. The third-order valence-electron chi connectivity index (χ3n) is 3.11. The molecule has 0 spiro atoms. The normalized spacial score (nSPS) is 13.8. The molecule has 0 amide bonds. The van der Waals surface area contributed by atoms with Gasteiger partial charge in [-0.15, -0.1) is 24.0 Å². The standard InChI is InChI=1S/C14H16N4O.HI/c1-18-8-7-15-14(18)16-10-12-9-13(17-19-12)11-5-3-2-4-6-11;/h2-6,9H,7-8,10H2,1H3,(H,15,16);1H. The topological polar surface area (TPSA) is 53.7 Å². The van der Waals surface area contributed by atoms with Gasteiger partial charge < -0.3 is 14.7 Å². The molecule has 5 nitrogen and oxygen atoms in total. The van der Waals surface area contributed by atoms with Gasteiger partial charge in [-0.25, -0.2) is 0 Å². The number of guanidine groups is 1. The van der Waals surface area contributed by atoms with E-state index < -0.39 is 0 Å². The van der Waals surface area contributed by atoms with E-state index in [1.165, 1.54) is 0 Å². The first kappa shape index (κ1) is 14.8. The monoisotopic (exact) mass is 384 g/mol. The molecule has 1 N–H and O–H groups in total. The Labute approximate surface area is 135 Å². The molecule has 1 aliphatic rings. The molecule has 0 atom stereocenters. The van der Waals surface area contributed by atoms with E-state index in [0.29, 0.717) is 6.54 Å². The second-order valence-corrected chi connectivity index (χ2v) is 4.52. The minimum atomic E-state index is 0. The molecule has 6 heteroatoms. The molecule has 0 saturated heterocycles. The molecule has 0 unspecified atom stereocenters. The zero-order valence-corrected chi connectivity index (χ0v) is 13.6. The van der Waals surface area contributed by atoms with E-state index in [0.717, 1.165) is 36.1 Å². The van der Waals surface area contributed by atoms with E-state index in [1.54, 1.807) is 0 Å². The van der Waals surface area contributed by atoms with Gasteiger partial charge in [0.25, 0.3) is 0 Å². The Morgan fingerprint density at radius 3 is 2.80 bits per heavy atom. The highest BCUT2D eigenvalue weighted by molar-refractivity contribution is 14.0. The van der Waals surface area contributed by atoms with Gasteiger partial charge in [0.05, 0.1) is 13.1 Å². The molecule has 3 rings (SSSR count). The molecule has 1 aromatic carbocycles. The van der Waals surface area contributed by atoms with Crippen molar-refractivity contribution in [2.24, 2.45) is 4.99 Å². The SMILES string of the molecule is CN1CCN=C1NCc1cc(-c2ccccc2)no1.I. The van der Waals surface area contributed by atoms with Crippen LogP contribution in [-0.4, -0.2) is 36.2 Å². The van der Waals surface area contributed by atoms with E-state index >= 15 is 0 Å². The minimum absolute atomic E-state index is 0. The number of aromatic nitrogens is 1. The van der Waals surface area contributed by atoms with Crippen molar-refractivity contribution in [2.45, 2.75) is 6.54 Å². The molecule has 1 aliphatic heterocycles. The van der Waals surface area contributed by atoms with Crippen LogP contribution in [-0.2, 0) is 6.54 Å². The van der Waals surface area contributed by atoms with Crippen LogP contribution in [0.5, 0.6) is 0 Å². The van der Waals surface area contributed by atoms with E-state index in [9.17, 15) is 0 Å². The number of benzene rings is 1. The van der Waals surface area contributed by atoms with Crippen LogP contribution < -0.4 is 5.32 Å². The van der Waals surface area contributed by atoms with Gasteiger partial charge in [-0.1, -0.05) is 35.5 Å². The first-order valence-electron chi connectivity index (χ1n) is 6.33. The number of nitrogens with zero attached hydrogens (tertiary/aromatic N) is 3. The van der Waals surface area contributed by atoms with Gasteiger partial charge >= 0.3 is 0 Å². The van der Waals surface area contributed by atoms with Crippen molar-refractivity contribution in [3.05, 3.63) is 42.2 Å². The fourth-order valence-corrected chi connectivity index (χ4v) is 2.03. The number of hydrogen-bond donors (Lipinski definition) is 1. The van der Waals surface area contributed by atoms with Gasteiger partial charge in [0.2, 0.25) is 0 Å². The first-order valence-corrected chi connectivity index (χ1v) is 6.33. The summed E-state index contributed by atoms with van der Waals surface area (Å²) in [6, 6.07) is 12.0. The third kappa shape index (κ3) is 3.30. The van der Waals surface area contributed by atoms with Crippen molar-refractivity contribution in [1.29, 1.82) is 0 Å². The molecular weight excluding hydrogens is 367 g/mol. The summed E-state index contributed by atoms with van der Waals surface area (Å²) in [5, 5.41) is 7.34. The van der Waals surface area contributed by atoms with Crippen LogP contribution in [0.25, 0.3) is 11.3 Å². The van der Waals surface area contributed by atoms with Gasteiger partial charge in [0.15, 0.2) is 11.7 Å². The van der Waals surface area contributed by atoms with E-state index in [1.807, 2.05) is 43.4 Å². The summed E-state index contributed by atoms with van der Waals surface area (Å²) in [6.07, 6.45) is 0. The van der Waals surface area contributed by atoms with E-state index in [2.05, 4.69) is 20.4 Å². The van der Waals surface area contributed by atoms with Crippen LogP contribution in [0.3, 0.4) is 0 Å². The van der Waals surface area contributed by atoms with E-state index in [4.69, 9.17) is 4.52 Å². The lowest BCUT2D eigenvalue weighted by molar-refractivity contribution is 0.380. The smallest absolute Gasteiger partial charge is 0.194 e. The predicted molar refractivity (Wildman–Crippen MR) is 89.1 cm³/mol. The molecule has 106 valence electrons. The Balaban J connectivity index is 0.00000147. The second kappa shape index (κ2) is 6.74. The lowest BCUT2D eigenvalue weighted by Crippen LogP contribution is -2.34. The molecule has 2 heterocycles. The molecular formula is C14H17IN4O. The Kier molecular flexibility index (Phi) is 4.99. The lowest BCUT2D eigenvalue weighted by atomic mass is 10.1. The molecule has 0 radical (unpaired) electrons. The van der Waals surface area contributed by atoms with Gasteiger partial charge in [-0.3, -0.25) is 4.99 Å². The maximum Gasteiger partial charge on any atom is 0.194 e. The Bertz CT molecular complexity index is 582. The van der Waals surface area contributed by atoms with Crippen molar-refractivity contribution in [2.75, 3.05) is 20.1 Å². The van der Waals surface area contributed by atoms with Crippen LogP contribution in [0.1, 0.15) is 5.76 Å². The fourth-order valence-electron chi connectivity index (χ4n) is 2.03. The number of likely N-dealkylation sites (N-methyl/N-ethyl adjacent to an activating group) is 1. The summed E-state index contributed by atoms with van der Waals surface area (Å²) in [4.78, 5) is 6.46. The van der Waals surface area contributed by atoms with Crippen molar-refractivity contribution >= 4 is 29.9 Å². The Morgan fingerprint density at radius 1 is 1.30 bits per heavy atom. The summed E-state index contributed by atoms with van der Waals surface area (Å²) in [5.41, 5.74) is 1.92. The summed E-state index contributed by atoms with van der Waals surface area (Å²) in [7, 11) is 2.02. The van der Waals surface area contributed by atoms with Crippen LogP contribution in [0.4, 0.5) is 0 Å². The molecule has 0 saturated carbocycles. The molecule has 2 aromatic rings. The van der Waals surface area contributed by atoms with Crippen molar-refractivity contribution in [3.63, 3.8) is 0 Å². The Morgan fingerprint density at radius 2 is 2.10 bits per heavy atom. The lowest BCUT2D eigenvalue weighted by Gasteiger charge is -2.13. The molecule has 1 aromatic heterocycles. The molecule has 20 heavy (non-hydrogen) atoms. The predicted octanol–water partition coefficient (Wildman–Crippen LogP) is 2.35. The molecule has 0 fully saturated rings. The second-order valence-electron chi connectivity index (χ2n) is 4.52. The van der Waals surface area contributed by atoms with Crippen LogP contribution in [0.15, 0.2) is 45.9 Å².